The molecule has 0 aliphatic rings. The van der Waals surface area contributed by atoms with Crippen LogP contribution in [0.1, 0.15) is 27.7 Å². The van der Waals surface area contributed by atoms with E-state index in [4.69, 9.17) is 0 Å². The van der Waals surface area contributed by atoms with Crippen LogP contribution in [0.5, 0.6) is 0 Å². The molecule has 0 N–H and O–H groups in total. The molecule has 0 aromatic heterocycles. The monoisotopic (exact) mass is 307 g/mol. The average molecular weight is 307 g/mol. The summed E-state index contributed by atoms with van der Waals surface area (Å²) in [7, 11) is -7.55. The molecule has 0 saturated heterocycles. The van der Waals surface area contributed by atoms with Gasteiger partial charge in [0.1, 0.15) is 0 Å². The molecule has 3 nitrogen and oxygen atoms in total. The normalized spacial score (nSPS) is 14.0. The van der Waals surface area contributed by atoms with Crippen molar-refractivity contribution in [3.8, 4) is 0 Å². The molecule has 0 aliphatic carbocycles. The summed E-state index contributed by atoms with van der Waals surface area (Å²) in [6, 6.07) is 0. The summed E-state index contributed by atoms with van der Waals surface area (Å²) in [5, 5.41) is 0.590. The van der Waals surface area contributed by atoms with Gasteiger partial charge in [-0.15, -0.1) is 0 Å². The Balaban J connectivity index is 5.92. The van der Waals surface area contributed by atoms with Crippen LogP contribution in [0.3, 0.4) is 0 Å². The smallest absolute Gasteiger partial charge is 0.283 e. The lowest BCUT2D eigenvalue weighted by Crippen LogP contribution is -2.29. The molecule has 110 valence electrons. The second kappa shape index (κ2) is 6.44. The lowest BCUT2D eigenvalue weighted by Gasteiger charge is -2.35. The van der Waals surface area contributed by atoms with Crippen molar-refractivity contribution in [2.75, 3.05) is 25.4 Å². The molecule has 0 fully saturated rings. The minimum Gasteiger partial charge on any atom is -0.283 e. The molecule has 0 aromatic rings. The summed E-state index contributed by atoms with van der Waals surface area (Å²) in [5.74, 6) is 0. The molecular weight excluding hydrogens is 286 g/mol. The summed E-state index contributed by atoms with van der Waals surface area (Å²) in [6.45, 7) is 8.26. The molecule has 18 heavy (non-hydrogen) atoms. The summed E-state index contributed by atoms with van der Waals surface area (Å²) >= 11 is 0. The van der Waals surface area contributed by atoms with Gasteiger partial charge in [-0.2, -0.15) is 13.2 Å². The fourth-order valence-corrected chi connectivity index (χ4v) is 8.59. The Labute approximate surface area is 107 Å². The molecule has 0 unspecified atom stereocenters. The Hall–Kier alpha value is -0.0000000000000000555. The van der Waals surface area contributed by atoms with Crippen molar-refractivity contribution in [1.29, 1.82) is 0 Å². The maximum absolute atomic E-state index is 12.5. The molecule has 0 aliphatic heterocycles. The number of hydrogen-bond donors (Lipinski definition) is 0. The Morgan fingerprint density at radius 3 is 1.67 bits per heavy atom. The van der Waals surface area contributed by atoms with Crippen molar-refractivity contribution in [2.45, 2.75) is 33.2 Å². The van der Waals surface area contributed by atoms with E-state index >= 15 is 0 Å². The fraction of sp³-hybridized carbons (Fsp3) is 0.900. The minimum atomic E-state index is -5.20. The van der Waals surface area contributed by atoms with E-state index in [0.29, 0.717) is 30.5 Å². The van der Waals surface area contributed by atoms with Gasteiger partial charge in [-0.1, -0.05) is 27.7 Å². The topological polar surface area (TPSA) is 37.4 Å². The first-order valence-electron chi connectivity index (χ1n) is 5.89. The van der Waals surface area contributed by atoms with Crippen molar-refractivity contribution < 1.29 is 21.6 Å². The van der Waals surface area contributed by atoms with E-state index in [1.54, 1.807) is 13.8 Å². The lowest BCUT2D eigenvalue weighted by molar-refractivity contribution is -0.0415. The van der Waals surface area contributed by atoms with Crippen molar-refractivity contribution in [3.05, 3.63) is 0 Å². The van der Waals surface area contributed by atoms with E-state index in [1.807, 2.05) is 18.5 Å². The highest BCUT2D eigenvalue weighted by molar-refractivity contribution is 8.13. The summed E-state index contributed by atoms with van der Waals surface area (Å²) in [5.41, 5.74) is -5.20. The molecule has 0 radical (unpaired) electrons. The van der Waals surface area contributed by atoms with Gasteiger partial charge in [-0.3, -0.25) is 4.67 Å². The zero-order chi connectivity index (χ0) is 14.6. The standard InChI is InChI=1S/C10H21F3NO2PS/c1-5-14(6-2)17(7-3,8-4)9-18(15,16)10(11,12)13/h9H,5-8H2,1-4H3. The van der Waals surface area contributed by atoms with E-state index in [-0.39, 0.29) is 0 Å². The summed E-state index contributed by atoms with van der Waals surface area (Å²) in [4.78, 5) is 0. The Morgan fingerprint density at radius 1 is 1.06 bits per heavy atom. The number of halogens is 3. The maximum Gasteiger partial charge on any atom is 0.501 e. The van der Waals surface area contributed by atoms with Crippen LogP contribution >= 0.6 is 7.04 Å². The van der Waals surface area contributed by atoms with E-state index in [2.05, 4.69) is 0 Å². The average Bonchev–Trinajstić information content (AvgIpc) is 2.27. The predicted molar refractivity (Wildman–Crippen MR) is 72.0 cm³/mol. The zero-order valence-electron chi connectivity index (χ0n) is 11.2. The van der Waals surface area contributed by atoms with Gasteiger partial charge in [-0.05, 0) is 32.5 Å². The van der Waals surface area contributed by atoms with Gasteiger partial charge >= 0.3 is 5.51 Å². The molecule has 0 spiro atoms. The molecule has 0 amide bonds. The maximum atomic E-state index is 12.5. The first-order valence-corrected chi connectivity index (χ1v) is 9.62. The molecular formula is C10H21F3NO2PS. The molecule has 0 saturated carbocycles. The van der Waals surface area contributed by atoms with Crippen molar-refractivity contribution in [2.24, 2.45) is 0 Å². The summed E-state index contributed by atoms with van der Waals surface area (Å²) in [6.07, 6.45) is 0.862. The predicted octanol–water partition coefficient (Wildman–Crippen LogP) is 2.99. The number of nitrogens with zero attached hydrogens (tertiary/aromatic N) is 1. The van der Waals surface area contributed by atoms with Gasteiger partial charge in [0.05, 0.1) is 5.13 Å². The zero-order valence-corrected chi connectivity index (χ0v) is 12.9. The Kier molecular flexibility index (Phi) is 6.44. The Bertz CT molecular complexity index is 405. The van der Waals surface area contributed by atoms with Crippen molar-refractivity contribution in [1.82, 2.24) is 4.67 Å². The van der Waals surface area contributed by atoms with Crippen LogP contribution in [-0.2, 0) is 9.84 Å². The van der Waals surface area contributed by atoms with Crippen LogP contribution in [0, 0.1) is 0 Å². The first-order chi connectivity index (χ1) is 8.10. The third-order valence-electron chi connectivity index (χ3n) is 3.05. The fourth-order valence-electron chi connectivity index (χ4n) is 1.94. The van der Waals surface area contributed by atoms with Gasteiger partial charge in [0.15, 0.2) is 0 Å². The van der Waals surface area contributed by atoms with E-state index < -0.39 is 22.4 Å². The van der Waals surface area contributed by atoms with Gasteiger partial charge < -0.3 is 0 Å². The van der Waals surface area contributed by atoms with E-state index in [1.165, 1.54) is 0 Å². The number of sulfone groups is 1. The molecule has 0 heterocycles. The lowest BCUT2D eigenvalue weighted by atomic mass is 10.7. The van der Waals surface area contributed by atoms with Gasteiger partial charge in [0, 0.05) is 0 Å². The van der Waals surface area contributed by atoms with Crippen LogP contribution in [-0.4, -0.2) is 49.1 Å². The van der Waals surface area contributed by atoms with Crippen LogP contribution in [0.4, 0.5) is 13.2 Å². The molecule has 0 rings (SSSR count). The SMILES string of the molecule is CCN(CC)P(=CS(=O)(=O)C(F)(F)F)(CC)CC. The van der Waals surface area contributed by atoms with Gasteiger partial charge in [0.2, 0.25) is 0 Å². The highest BCUT2D eigenvalue weighted by Gasteiger charge is 2.45. The van der Waals surface area contributed by atoms with Gasteiger partial charge in [0.25, 0.3) is 9.84 Å². The summed E-state index contributed by atoms with van der Waals surface area (Å²) < 4.78 is 62.0. The second-order valence-corrected chi connectivity index (χ2v) is 10.1. The first kappa shape index (κ1) is 18.0. The number of hydrogen-bond acceptors (Lipinski definition) is 3. The van der Waals surface area contributed by atoms with Crippen molar-refractivity contribution in [3.63, 3.8) is 0 Å². The third kappa shape index (κ3) is 3.75. The van der Waals surface area contributed by atoms with Crippen LogP contribution in [0.15, 0.2) is 0 Å². The molecule has 8 heteroatoms. The highest BCUT2D eigenvalue weighted by Crippen LogP contribution is 2.51. The van der Waals surface area contributed by atoms with E-state index in [0.717, 1.165) is 0 Å². The largest absolute Gasteiger partial charge is 0.501 e. The van der Waals surface area contributed by atoms with Crippen LogP contribution in [0.2, 0.25) is 0 Å². The molecule has 0 aromatic carbocycles. The highest BCUT2D eigenvalue weighted by atomic mass is 32.2. The number of rotatable bonds is 6. The third-order valence-corrected chi connectivity index (χ3v) is 10.3. The number of alkyl halides is 3. The minimum absolute atomic E-state index is 0.431. The van der Waals surface area contributed by atoms with Crippen molar-refractivity contribution >= 4 is 22.0 Å². The Morgan fingerprint density at radius 2 is 1.44 bits per heavy atom. The van der Waals surface area contributed by atoms with E-state index in [9.17, 15) is 21.6 Å². The molecule has 0 atom stereocenters. The van der Waals surface area contributed by atoms with Gasteiger partial charge in [-0.25, -0.2) is 8.42 Å². The quantitative estimate of drug-likeness (QED) is 0.708. The van der Waals surface area contributed by atoms with Crippen LogP contribution < -0.4 is 0 Å². The van der Waals surface area contributed by atoms with Crippen LogP contribution in [0.25, 0.3) is 0 Å². The second-order valence-electron chi connectivity index (χ2n) is 3.85. The molecule has 0 bridgehead atoms.